The number of rotatable bonds is 6. The molecular weight excluding hydrogens is 390 g/mol. The van der Waals surface area contributed by atoms with Crippen molar-refractivity contribution in [3.05, 3.63) is 77.2 Å². The summed E-state index contributed by atoms with van der Waals surface area (Å²) in [5.74, 6) is 0.637. The zero-order chi connectivity index (χ0) is 20.2. The van der Waals surface area contributed by atoms with Crippen LogP contribution in [0.5, 0.6) is 5.75 Å². The van der Waals surface area contributed by atoms with E-state index in [9.17, 15) is 10.1 Å². The van der Waals surface area contributed by atoms with Gasteiger partial charge in [0.1, 0.15) is 12.1 Å². The first-order chi connectivity index (χ1) is 14.2. The molecule has 0 fully saturated rings. The molecule has 0 saturated carbocycles. The van der Waals surface area contributed by atoms with Crippen molar-refractivity contribution in [2.45, 2.75) is 9.92 Å². The molecule has 0 aliphatic heterocycles. The quantitative estimate of drug-likeness (QED) is 0.276. The second-order valence-electron chi connectivity index (χ2n) is 5.89. The predicted octanol–water partition coefficient (Wildman–Crippen LogP) is 4.84. The molecule has 0 saturated heterocycles. The fraction of sp³-hybridized carbons (Fsp3) is 0.0500. The van der Waals surface area contributed by atoms with Crippen molar-refractivity contribution >= 4 is 39.9 Å². The minimum absolute atomic E-state index is 0.0881. The molecule has 2 aromatic carbocycles. The maximum absolute atomic E-state index is 11.9. The Morgan fingerprint density at radius 3 is 2.69 bits per heavy atom. The summed E-state index contributed by atoms with van der Waals surface area (Å²) in [6, 6.07) is 16.6. The van der Waals surface area contributed by atoms with E-state index in [1.54, 1.807) is 24.4 Å². The van der Waals surface area contributed by atoms with E-state index in [0.717, 1.165) is 15.8 Å². The van der Waals surface area contributed by atoms with Gasteiger partial charge in [-0.2, -0.15) is 0 Å². The number of nitrogens with one attached hydrogen (secondary N) is 1. The van der Waals surface area contributed by atoms with E-state index in [-0.39, 0.29) is 16.5 Å². The second-order valence-corrected chi connectivity index (χ2v) is 6.92. The summed E-state index contributed by atoms with van der Waals surface area (Å²) in [5, 5.41) is 16.0. The summed E-state index contributed by atoms with van der Waals surface area (Å²) < 4.78 is 5.30. The lowest BCUT2D eigenvalue weighted by molar-refractivity contribution is -0.387. The molecule has 1 N–H and O–H groups in total. The third-order valence-corrected chi connectivity index (χ3v) is 5.18. The van der Waals surface area contributed by atoms with Crippen LogP contribution in [0, 0.1) is 10.1 Å². The number of nitro groups is 1. The van der Waals surface area contributed by atoms with Gasteiger partial charge in [-0.1, -0.05) is 42.1 Å². The fourth-order valence-corrected chi connectivity index (χ4v) is 3.82. The number of anilines is 2. The van der Waals surface area contributed by atoms with Crippen LogP contribution < -0.4 is 10.1 Å². The summed E-state index contributed by atoms with van der Waals surface area (Å²) in [5.41, 5.74) is 1.11. The number of aromatic nitrogens is 3. The molecule has 2 aromatic heterocycles. The zero-order valence-corrected chi connectivity index (χ0v) is 16.1. The largest absolute Gasteiger partial charge is 0.495 e. The summed E-state index contributed by atoms with van der Waals surface area (Å²) >= 11 is 1.18. The van der Waals surface area contributed by atoms with E-state index in [4.69, 9.17) is 4.74 Å². The number of methoxy groups -OCH3 is 1. The molecular formula is C20H15N5O3S. The van der Waals surface area contributed by atoms with E-state index >= 15 is 0 Å². The Morgan fingerprint density at radius 2 is 1.86 bits per heavy atom. The number of para-hydroxylation sites is 3. The highest BCUT2D eigenvalue weighted by molar-refractivity contribution is 7.99. The lowest BCUT2D eigenvalue weighted by Crippen LogP contribution is -2.03. The monoisotopic (exact) mass is 405 g/mol. The summed E-state index contributed by atoms with van der Waals surface area (Å²) in [7, 11) is 1.53. The zero-order valence-electron chi connectivity index (χ0n) is 15.3. The molecule has 0 bridgehead atoms. The lowest BCUT2D eigenvalue weighted by atomic mass is 10.2. The number of fused-ring (bicyclic) bond motifs is 1. The van der Waals surface area contributed by atoms with Crippen LogP contribution in [-0.4, -0.2) is 27.0 Å². The molecule has 9 heteroatoms. The van der Waals surface area contributed by atoms with Gasteiger partial charge in [0.2, 0.25) is 5.82 Å². The van der Waals surface area contributed by atoms with Gasteiger partial charge in [0.15, 0.2) is 5.03 Å². The molecule has 2 heterocycles. The van der Waals surface area contributed by atoms with Crippen LogP contribution in [0.25, 0.3) is 10.9 Å². The summed E-state index contributed by atoms with van der Waals surface area (Å²) in [6.07, 6.45) is 2.99. The number of hydrogen-bond acceptors (Lipinski definition) is 8. The Balaban J connectivity index is 1.77. The molecule has 4 rings (SSSR count). The number of pyridine rings is 1. The highest BCUT2D eigenvalue weighted by atomic mass is 32.2. The Labute approximate surface area is 170 Å². The number of ether oxygens (including phenoxy) is 1. The van der Waals surface area contributed by atoms with E-state index in [1.807, 2.05) is 36.4 Å². The maximum Gasteiger partial charge on any atom is 0.343 e. The molecule has 0 unspecified atom stereocenters. The Bertz CT molecular complexity index is 1200. The van der Waals surface area contributed by atoms with Crippen molar-refractivity contribution in [3.8, 4) is 5.75 Å². The van der Waals surface area contributed by atoms with Gasteiger partial charge in [-0.25, -0.2) is 9.97 Å². The average Bonchev–Trinajstić information content (AvgIpc) is 2.74. The van der Waals surface area contributed by atoms with Gasteiger partial charge >= 0.3 is 5.69 Å². The van der Waals surface area contributed by atoms with Crippen molar-refractivity contribution in [1.29, 1.82) is 0 Å². The van der Waals surface area contributed by atoms with Crippen molar-refractivity contribution in [1.82, 2.24) is 15.0 Å². The number of nitrogens with zero attached hydrogens (tertiary/aromatic N) is 4. The van der Waals surface area contributed by atoms with E-state index < -0.39 is 4.92 Å². The van der Waals surface area contributed by atoms with Gasteiger partial charge < -0.3 is 10.1 Å². The van der Waals surface area contributed by atoms with Gasteiger partial charge in [-0.15, -0.1) is 0 Å². The highest BCUT2D eigenvalue weighted by Crippen LogP contribution is 2.40. The van der Waals surface area contributed by atoms with E-state index in [0.29, 0.717) is 11.4 Å². The van der Waals surface area contributed by atoms with Crippen LogP contribution in [0.3, 0.4) is 0 Å². The topological polar surface area (TPSA) is 103 Å². The Morgan fingerprint density at radius 1 is 1.03 bits per heavy atom. The molecule has 0 atom stereocenters. The van der Waals surface area contributed by atoms with Crippen LogP contribution in [0.2, 0.25) is 0 Å². The minimum atomic E-state index is -0.487. The van der Waals surface area contributed by atoms with E-state index in [2.05, 4.69) is 20.3 Å². The summed E-state index contributed by atoms with van der Waals surface area (Å²) in [4.78, 5) is 24.8. The Hall–Kier alpha value is -3.72. The normalized spacial score (nSPS) is 10.7. The smallest absolute Gasteiger partial charge is 0.343 e. The third-order valence-electron chi connectivity index (χ3n) is 4.13. The van der Waals surface area contributed by atoms with E-state index in [1.165, 1.54) is 25.2 Å². The van der Waals surface area contributed by atoms with Gasteiger partial charge in [0.25, 0.3) is 0 Å². The van der Waals surface area contributed by atoms with Crippen LogP contribution in [0.4, 0.5) is 17.2 Å². The van der Waals surface area contributed by atoms with Crippen molar-refractivity contribution in [2.75, 3.05) is 12.4 Å². The van der Waals surface area contributed by atoms with Crippen molar-refractivity contribution in [2.24, 2.45) is 0 Å². The minimum Gasteiger partial charge on any atom is -0.495 e. The van der Waals surface area contributed by atoms with Crippen molar-refractivity contribution in [3.63, 3.8) is 0 Å². The van der Waals surface area contributed by atoms with Crippen LogP contribution in [0.15, 0.2) is 77.0 Å². The fourth-order valence-electron chi connectivity index (χ4n) is 2.83. The van der Waals surface area contributed by atoms with Crippen LogP contribution >= 0.6 is 11.8 Å². The summed E-state index contributed by atoms with van der Waals surface area (Å²) in [6.45, 7) is 0. The molecule has 8 nitrogen and oxygen atoms in total. The van der Waals surface area contributed by atoms with Gasteiger partial charge in [0, 0.05) is 16.5 Å². The average molecular weight is 405 g/mol. The third kappa shape index (κ3) is 3.81. The molecule has 0 radical (unpaired) electrons. The SMILES string of the molecule is COc1ccccc1Nc1ncnc(Sc2cccc3cccnc23)c1[N+](=O)[O-]. The number of benzene rings is 2. The first-order valence-electron chi connectivity index (χ1n) is 8.58. The first-order valence-corrected chi connectivity index (χ1v) is 9.40. The molecule has 0 aliphatic carbocycles. The van der Waals surface area contributed by atoms with Gasteiger partial charge in [-0.05, 0) is 24.3 Å². The highest BCUT2D eigenvalue weighted by Gasteiger charge is 2.25. The standard InChI is InChI=1S/C20H15N5O3S/c1-28-15-9-3-2-8-14(15)24-19-18(25(26)27)20(23-12-22-19)29-16-10-4-6-13-7-5-11-21-17(13)16/h2-12H,1H3,(H,22,23,24). The molecule has 0 spiro atoms. The maximum atomic E-state index is 11.9. The second kappa shape index (κ2) is 8.11. The molecule has 4 aromatic rings. The first kappa shape index (κ1) is 18.6. The lowest BCUT2D eigenvalue weighted by Gasteiger charge is -2.11. The van der Waals surface area contributed by atoms with Crippen LogP contribution in [-0.2, 0) is 0 Å². The molecule has 29 heavy (non-hydrogen) atoms. The van der Waals surface area contributed by atoms with Crippen LogP contribution in [0.1, 0.15) is 0 Å². The van der Waals surface area contributed by atoms with Gasteiger partial charge in [0.05, 0.1) is 23.2 Å². The Kier molecular flexibility index (Phi) is 5.21. The molecule has 0 amide bonds. The molecule has 0 aliphatic rings. The number of hydrogen-bond donors (Lipinski definition) is 1. The predicted molar refractivity (Wildman–Crippen MR) is 111 cm³/mol. The molecule has 144 valence electrons. The van der Waals surface area contributed by atoms with Gasteiger partial charge in [-0.3, -0.25) is 15.1 Å². The van der Waals surface area contributed by atoms with Crippen molar-refractivity contribution < 1.29 is 9.66 Å².